The highest BCUT2D eigenvalue weighted by molar-refractivity contribution is 5.76. The summed E-state index contributed by atoms with van der Waals surface area (Å²) in [5, 5.41) is 6.97. The first-order valence-electron chi connectivity index (χ1n) is 6.65. The number of aryl methyl sites for hydroxylation is 1. The first-order valence-corrected chi connectivity index (χ1v) is 6.65. The number of ether oxygens (including phenoxy) is 1. The van der Waals surface area contributed by atoms with Crippen LogP contribution in [-0.2, 0) is 17.8 Å². The monoisotopic (exact) mass is 273 g/mol. The zero-order valence-corrected chi connectivity index (χ0v) is 11.6. The molecule has 0 radical (unpaired) electrons. The molecule has 1 N–H and O–H groups in total. The molecule has 0 unspecified atom stereocenters. The zero-order valence-electron chi connectivity index (χ0n) is 11.6. The summed E-state index contributed by atoms with van der Waals surface area (Å²) < 4.78 is 6.95. The van der Waals surface area contributed by atoms with Crippen LogP contribution < -0.4 is 10.1 Å². The Hall–Kier alpha value is -2.30. The van der Waals surface area contributed by atoms with Crippen LogP contribution in [-0.4, -0.2) is 29.3 Å². The van der Waals surface area contributed by atoms with E-state index in [4.69, 9.17) is 4.74 Å². The van der Waals surface area contributed by atoms with Gasteiger partial charge in [-0.25, -0.2) is 0 Å². The third-order valence-corrected chi connectivity index (χ3v) is 3.00. The average molecular weight is 273 g/mol. The quantitative estimate of drug-likeness (QED) is 0.834. The van der Waals surface area contributed by atoms with Gasteiger partial charge in [0.1, 0.15) is 5.75 Å². The number of hydrogen-bond donors (Lipinski definition) is 1. The van der Waals surface area contributed by atoms with Crippen LogP contribution in [0.15, 0.2) is 42.7 Å². The van der Waals surface area contributed by atoms with Crippen molar-refractivity contribution < 1.29 is 9.53 Å². The van der Waals surface area contributed by atoms with Crippen LogP contribution in [0.2, 0.25) is 0 Å². The second-order valence-electron chi connectivity index (χ2n) is 4.47. The molecular weight excluding hydrogens is 254 g/mol. The first-order chi connectivity index (χ1) is 9.78. The molecule has 106 valence electrons. The Kier molecular flexibility index (Phi) is 5.17. The van der Waals surface area contributed by atoms with Gasteiger partial charge in [-0.1, -0.05) is 12.1 Å². The molecule has 1 aromatic heterocycles. The number of carbonyl (C=O) groups is 1. The summed E-state index contributed by atoms with van der Waals surface area (Å²) in [5.41, 5.74) is 1.10. The predicted octanol–water partition coefficient (Wildman–Crippen LogP) is 1.64. The van der Waals surface area contributed by atoms with Crippen molar-refractivity contribution in [3.63, 3.8) is 0 Å². The van der Waals surface area contributed by atoms with Crippen molar-refractivity contribution in [2.24, 2.45) is 0 Å². The molecule has 20 heavy (non-hydrogen) atoms. The van der Waals surface area contributed by atoms with Gasteiger partial charge >= 0.3 is 0 Å². The largest absolute Gasteiger partial charge is 0.497 e. The molecule has 0 atom stereocenters. The molecule has 1 aromatic carbocycles. The fourth-order valence-electron chi connectivity index (χ4n) is 1.92. The van der Waals surface area contributed by atoms with Crippen LogP contribution in [0.1, 0.15) is 12.0 Å². The van der Waals surface area contributed by atoms with Gasteiger partial charge < -0.3 is 10.1 Å². The van der Waals surface area contributed by atoms with Crippen LogP contribution in [0.25, 0.3) is 0 Å². The Balaban J connectivity index is 1.69. The van der Waals surface area contributed by atoms with Crippen LogP contribution in [0, 0.1) is 0 Å². The molecule has 5 heteroatoms. The summed E-state index contributed by atoms with van der Waals surface area (Å²) in [6, 6.07) is 9.65. The lowest BCUT2D eigenvalue weighted by Crippen LogP contribution is -2.27. The molecule has 0 saturated carbocycles. The Bertz CT molecular complexity index is 538. The van der Waals surface area contributed by atoms with Gasteiger partial charge in [-0.3, -0.25) is 9.48 Å². The van der Waals surface area contributed by atoms with Gasteiger partial charge in [0.25, 0.3) is 0 Å². The van der Waals surface area contributed by atoms with Gasteiger partial charge in [0.05, 0.1) is 13.7 Å². The lowest BCUT2D eigenvalue weighted by molar-refractivity contribution is -0.121. The minimum absolute atomic E-state index is 0.0555. The van der Waals surface area contributed by atoms with E-state index in [1.807, 2.05) is 36.5 Å². The molecule has 0 spiro atoms. The second-order valence-corrected chi connectivity index (χ2v) is 4.47. The van der Waals surface area contributed by atoms with Gasteiger partial charge in [0, 0.05) is 25.4 Å². The minimum atomic E-state index is 0.0555. The van der Waals surface area contributed by atoms with E-state index in [1.165, 1.54) is 0 Å². The van der Waals surface area contributed by atoms with Crippen molar-refractivity contribution in [3.8, 4) is 5.75 Å². The molecule has 1 amide bonds. The maximum Gasteiger partial charge on any atom is 0.220 e. The van der Waals surface area contributed by atoms with Crippen LogP contribution in [0.5, 0.6) is 5.75 Å². The van der Waals surface area contributed by atoms with Crippen LogP contribution >= 0.6 is 0 Å². The van der Waals surface area contributed by atoms with Crippen molar-refractivity contribution in [2.45, 2.75) is 19.4 Å². The summed E-state index contributed by atoms with van der Waals surface area (Å²) in [6.45, 7) is 1.29. The van der Waals surface area contributed by atoms with Gasteiger partial charge in [0.15, 0.2) is 0 Å². The highest BCUT2D eigenvalue weighted by atomic mass is 16.5. The summed E-state index contributed by atoms with van der Waals surface area (Å²) in [7, 11) is 1.64. The summed E-state index contributed by atoms with van der Waals surface area (Å²) in [4.78, 5) is 11.7. The standard InChI is InChI=1S/C15H19N3O2/c1-20-14-5-2-4-13(12-14)6-7-15(19)16-9-11-18-10-3-8-17-18/h2-5,8,10,12H,6-7,9,11H2,1H3,(H,16,19). The third kappa shape index (κ3) is 4.42. The molecular formula is C15H19N3O2. The Labute approximate surface area is 118 Å². The molecule has 2 rings (SSSR count). The summed E-state index contributed by atoms with van der Waals surface area (Å²) in [5.74, 6) is 0.876. The number of nitrogens with zero attached hydrogens (tertiary/aromatic N) is 2. The predicted molar refractivity (Wildman–Crippen MR) is 76.6 cm³/mol. The molecule has 1 heterocycles. The summed E-state index contributed by atoms with van der Waals surface area (Å²) >= 11 is 0. The third-order valence-electron chi connectivity index (χ3n) is 3.00. The van der Waals surface area contributed by atoms with Crippen LogP contribution in [0.3, 0.4) is 0 Å². The number of hydrogen-bond acceptors (Lipinski definition) is 3. The molecule has 0 fully saturated rings. The number of aromatic nitrogens is 2. The molecule has 0 aliphatic heterocycles. The molecule has 0 saturated heterocycles. The first kappa shape index (κ1) is 14.1. The Morgan fingerprint density at radius 2 is 2.30 bits per heavy atom. The second kappa shape index (κ2) is 7.33. The van der Waals surface area contributed by atoms with Gasteiger partial charge in [-0.15, -0.1) is 0 Å². The van der Waals surface area contributed by atoms with Crippen molar-refractivity contribution in [2.75, 3.05) is 13.7 Å². The van der Waals surface area contributed by atoms with Crippen molar-refractivity contribution in [1.82, 2.24) is 15.1 Å². The number of methoxy groups -OCH3 is 1. The fraction of sp³-hybridized carbons (Fsp3) is 0.333. The maximum atomic E-state index is 11.7. The number of carbonyl (C=O) groups excluding carboxylic acids is 1. The molecule has 5 nitrogen and oxygen atoms in total. The lowest BCUT2D eigenvalue weighted by Gasteiger charge is -2.06. The van der Waals surface area contributed by atoms with Gasteiger partial charge in [-0.05, 0) is 30.2 Å². The van der Waals surface area contributed by atoms with E-state index in [9.17, 15) is 4.79 Å². The van der Waals surface area contributed by atoms with Crippen molar-refractivity contribution in [3.05, 3.63) is 48.3 Å². The SMILES string of the molecule is COc1cccc(CCC(=O)NCCn2cccn2)c1. The van der Waals surface area contributed by atoms with E-state index in [-0.39, 0.29) is 5.91 Å². The van der Waals surface area contributed by atoms with Gasteiger partial charge in [0.2, 0.25) is 5.91 Å². The van der Waals surface area contributed by atoms with Crippen molar-refractivity contribution >= 4 is 5.91 Å². The molecule has 0 aliphatic carbocycles. The van der Waals surface area contributed by atoms with Gasteiger partial charge in [-0.2, -0.15) is 5.10 Å². The van der Waals surface area contributed by atoms with E-state index in [1.54, 1.807) is 18.0 Å². The van der Waals surface area contributed by atoms with E-state index in [0.717, 1.165) is 11.3 Å². The highest BCUT2D eigenvalue weighted by Gasteiger charge is 2.03. The number of rotatable bonds is 7. The van der Waals surface area contributed by atoms with E-state index in [0.29, 0.717) is 25.9 Å². The number of nitrogens with one attached hydrogen (secondary N) is 1. The van der Waals surface area contributed by atoms with E-state index in [2.05, 4.69) is 10.4 Å². The molecule has 0 aliphatic rings. The number of benzene rings is 1. The smallest absolute Gasteiger partial charge is 0.220 e. The maximum absolute atomic E-state index is 11.7. The summed E-state index contributed by atoms with van der Waals surface area (Å²) in [6.07, 6.45) is 4.80. The minimum Gasteiger partial charge on any atom is -0.497 e. The Morgan fingerprint density at radius 1 is 1.40 bits per heavy atom. The van der Waals surface area contributed by atoms with E-state index >= 15 is 0 Å². The normalized spacial score (nSPS) is 10.2. The lowest BCUT2D eigenvalue weighted by atomic mass is 10.1. The molecule has 2 aromatic rings. The fourth-order valence-corrected chi connectivity index (χ4v) is 1.92. The van der Waals surface area contributed by atoms with Crippen molar-refractivity contribution in [1.29, 1.82) is 0 Å². The van der Waals surface area contributed by atoms with Crippen LogP contribution in [0.4, 0.5) is 0 Å². The highest BCUT2D eigenvalue weighted by Crippen LogP contribution is 2.13. The Morgan fingerprint density at radius 3 is 3.05 bits per heavy atom. The topological polar surface area (TPSA) is 56.1 Å². The average Bonchev–Trinajstić information content (AvgIpc) is 2.98. The van der Waals surface area contributed by atoms with E-state index < -0.39 is 0 Å². The number of amides is 1. The zero-order chi connectivity index (χ0) is 14.2. The molecule has 0 bridgehead atoms.